The van der Waals surface area contributed by atoms with Crippen LogP contribution < -0.4 is 10.2 Å². The summed E-state index contributed by atoms with van der Waals surface area (Å²) in [4.78, 5) is 39.9. The molecule has 0 heterocycles. The first kappa shape index (κ1) is 69.0. The molecular weight excluding hydrogens is 904 g/mol. The molecule has 0 aliphatic carbocycles. The topological polar surface area (TPSA) is 114 Å². The lowest BCUT2D eigenvalue weighted by Gasteiger charge is -2.30. The molecule has 3 atom stereocenters. The molecule has 0 aromatic carbocycles. The minimum absolute atomic E-state index is 0.0253. The first-order chi connectivity index (χ1) is 34.4. The van der Waals surface area contributed by atoms with Crippen LogP contribution in [0.25, 0.3) is 0 Å². The predicted molar refractivity (Wildman–Crippen MR) is 302 cm³/mol. The van der Waals surface area contributed by atoms with Gasteiger partial charge in [-0.3, -0.25) is 14.2 Å². The van der Waals surface area contributed by atoms with Crippen molar-refractivity contribution in [1.82, 2.24) is 5.32 Å². The van der Waals surface area contributed by atoms with Crippen LogP contribution in [0.15, 0.2) is 48.6 Å². The van der Waals surface area contributed by atoms with Crippen LogP contribution in [-0.4, -0.2) is 69.4 Å². The van der Waals surface area contributed by atoms with Crippen LogP contribution in [0.2, 0.25) is 0 Å². The Morgan fingerprint density at radius 1 is 0.493 bits per heavy atom. The second-order valence-electron chi connectivity index (χ2n) is 21.5. The molecule has 1 N–H and O–H groups in total. The van der Waals surface area contributed by atoms with Crippen LogP contribution in [0.3, 0.4) is 0 Å². The number of carbonyl (C=O) groups excluding carboxylic acids is 2. The number of phosphoric ester groups is 1. The molecule has 71 heavy (non-hydrogen) atoms. The number of ether oxygens (including phenoxy) is 1. The lowest BCUT2D eigenvalue weighted by Crippen LogP contribution is -2.47. The molecule has 0 spiro atoms. The molecule has 0 aliphatic rings. The Morgan fingerprint density at radius 2 is 0.859 bits per heavy atom. The maximum absolute atomic E-state index is 13.5. The lowest BCUT2D eigenvalue weighted by molar-refractivity contribution is -0.870. The van der Waals surface area contributed by atoms with Crippen molar-refractivity contribution in [2.75, 3.05) is 40.9 Å². The quantitative estimate of drug-likeness (QED) is 0.0161. The number of nitrogens with zero attached hydrogens (tertiary/aromatic N) is 1. The zero-order valence-corrected chi connectivity index (χ0v) is 48.3. The molecule has 3 unspecified atom stereocenters. The van der Waals surface area contributed by atoms with E-state index in [1.54, 1.807) is 0 Å². The molecule has 10 heteroatoms. The SMILES string of the molecule is CCCCC/C=C/C=C/CCCCCCCCC(=O)NC(COP(=O)([O-])OCC[N+](C)(C)C)C(/C=C/CCCCCCCCCCCCC)OC(=O)CCCCCCCCC/C=C/CCCCCCCC. The van der Waals surface area contributed by atoms with Gasteiger partial charge in [0.15, 0.2) is 0 Å². The Hall–Kier alpha value is -2.03. The van der Waals surface area contributed by atoms with Crippen molar-refractivity contribution in [3.8, 4) is 0 Å². The normalized spacial score (nSPS) is 14.1. The smallest absolute Gasteiger partial charge is 0.306 e. The van der Waals surface area contributed by atoms with Gasteiger partial charge in [0, 0.05) is 12.8 Å². The van der Waals surface area contributed by atoms with E-state index in [9.17, 15) is 19.0 Å². The highest BCUT2D eigenvalue weighted by molar-refractivity contribution is 7.45. The van der Waals surface area contributed by atoms with E-state index in [1.165, 1.54) is 141 Å². The number of carbonyl (C=O) groups is 2. The Kier molecular flexibility index (Phi) is 50.0. The highest BCUT2D eigenvalue weighted by Gasteiger charge is 2.27. The van der Waals surface area contributed by atoms with Gasteiger partial charge < -0.3 is 28.5 Å². The van der Waals surface area contributed by atoms with E-state index in [0.29, 0.717) is 17.4 Å². The van der Waals surface area contributed by atoms with Crippen LogP contribution in [0.1, 0.15) is 278 Å². The van der Waals surface area contributed by atoms with Crippen molar-refractivity contribution in [2.24, 2.45) is 0 Å². The van der Waals surface area contributed by atoms with Gasteiger partial charge in [-0.2, -0.15) is 0 Å². The third-order valence-corrected chi connectivity index (χ3v) is 14.2. The molecule has 0 aromatic rings. The van der Waals surface area contributed by atoms with Crippen molar-refractivity contribution in [1.29, 1.82) is 0 Å². The second kappa shape index (κ2) is 51.5. The molecule has 0 saturated heterocycles. The van der Waals surface area contributed by atoms with Gasteiger partial charge in [0.05, 0.1) is 33.8 Å². The Labute approximate surface area is 439 Å². The number of esters is 1. The molecule has 0 aromatic heterocycles. The highest BCUT2D eigenvalue weighted by atomic mass is 31.2. The minimum atomic E-state index is -4.70. The molecular formula is C61H115N2O7P. The third-order valence-electron chi connectivity index (χ3n) is 13.3. The van der Waals surface area contributed by atoms with Gasteiger partial charge in [-0.25, -0.2) is 0 Å². The summed E-state index contributed by atoms with van der Waals surface area (Å²) in [6.07, 6.45) is 62.1. The third kappa shape index (κ3) is 52.6. The first-order valence-electron chi connectivity index (χ1n) is 30.0. The van der Waals surface area contributed by atoms with E-state index in [4.69, 9.17) is 13.8 Å². The van der Waals surface area contributed by atoms with E-state index >= 15 is 0 Å². The summed E-state index contributed by atoms with van der Waals surface area (Å²) in [5.41, 5.74) is 0. The van der Waals surface area contributed by atoms with Crippen LogP contribution in [0, 0.1) is 0 Å². The number of unbranched alkanes of at least 4 members (excludes halogenated alkanes) is 33. The number of hydrogen-bond donors (Lipinski definition) is 1. The summed E-state index contributed by atoms with van der Waals surface area (Å²) in [7, 11) is 1.18. The summed E-state index contributed by atoms with van der Waals surface area (Å²) in [6, 6.07) is -0.895. The Bertz CT molecular complexity index is 1360. The summed E-state index contributed by atoms with van der Waals surface area (Å²) in [5, 5.41) is 3.02. The van der Waals surface area contributed by atoms with Crippen molar-refractivity contribution in [3.05, 3.63) is 48.6 Å². The van der Waals surface area contributed by atoms with Crippen molar-refractivity contribution in [2.45, 2.75) is 290 Å². The molecule has 0 fully saturated rings. The second-order valence-corrected chi connectivity index (χ2v) is 22.9. The molecule has 0 saturated carbocycles. The number of phosphoric acid groups is 1. The number of likely N-dealkylation sites (N-methyl/N-ethyl adjacent to an activating group) is 1. The number of quaternary nitrogens is 1. The molecule has 0 aliphatic heterocycles. The van der Waals surface area contributed by atoms with Gasteiger partial charge in [0.1, 0.15) is 19.3 Å². The van der Waals surface area contributed by atoms with E-state index in [2.05, 4.69) is 62.5 Å². The molecule has 1 amide bonds. The number of amides is 1. The van der Waals surface area contributed by atoms with Crippen molar-refractivity contribution >= 4 is 19.7 Å². The lowest BCUT2D eigenvalue weighted by atomic mass is 10.0. The zero-order valence-electron chi connectivity index (χ0n) is 47.4. The van der Waals surface area contributed by atoms with Crippen LogP contribution in [0.4, 0.5) is 0 Å². The van der Waals surface area contributed by atoms with Crippen LogP contribution in [-0.2, 0) is 27.9 Å². The monoisotopic (exact) mass is 1020 g/mol. The molecule has 416 valence electrons. The maximum atomic E-state index is 13.5. The van der Waals surface area contributed by atoms with Gasteiger partial charge in [-0.15, -0.1) is 0 Å². The van der Waals surface area contributed by atoms with E-state index in [1.807, 2.05) is 33.3 Å². The first-order valence-corrected chi connectivity index (χ1v) is 31.4. The molecule has 0 rings (SSSR count). The van der Waals surface area contributed by atoms with Crippen LogP contribution >= 0.6 is 7.82 Å². The van der Waals surface area contributed by atoms with Gasteiger partial charge in [0.2, 0.25) is 5.91 Å². The van der Waals surface area contributed by atoms with E-state index in [0.717, 1.165) is 103 Å². The van der Waals surface area contributed by atoms with Gasteiger partial charge in [-0.1, -0.05) is 230 Å². The maximum Gasteiger partial charge on any atom is 0.306 e. The number of hydrogen-bond acceptors (Lipinski definition) is 7. The predicted octanol–water partition coefficient (Wildman–Crippen LogP) is 17.5. The fourth-order valence-corrected chi connectivity index (χ4v) is 9.29. The van der Waals surface area contributed by atoms with Crippen molar-refractivity contribution in [3.63, 3.8) is 0 Å². The Morgan fingerprint density at radius 3 is 1.31 bits per heavy atom. The average molecular weight is 1020 g/mol. The number of allylic oxidation sites excluding steroid dienone is 7. The number of nitrogens with one attached hydrogen (secondary N) is 1. The minimum Gasteiger partial charge on any atom is -0.756 e. The van der Waals surface area contributed by atoms with Gasteiger partial charge in [0.25, 0.3) is 7.82 Å². The summed E-state index contributed by atoms with van der Waals surface area (Å²) in [6.45, 7) is 6.81. The standard InChI is InChI=1S/C61H115N2O7P/c1-7-10-13-16-19-22-25-28-30-31-33-36-39-42-45-48-51-54-61(65)70-59(52-49-46-43-40-37-34-27-24-21-18-15-12-9-3)58(57-69-71(66,67)68-56-55-63(4,5)6)62-60(64)53-50-47-44-41-38-35-32-29-26-23-20-17-14-11-8-2/h20,23,26,28-30,49,52,58-59H,7-19,21-22,24-25,27,31-48,50-51,53-57H2,1-6H3,(H-,62,64,66,67)/b23-20+,29-26+,30-28+,52-49+. The average Bonchev–Trinajstić information content (AvgIpc) is 3.33. The number of rotatable bonds is 54. The van der Waals surface area contributed by atoms with E-state index in [-0.39, 0.29) is 24.9 Å². The largest absolute Gasteiger partial charge is 0.756 e. The summed E-state index contributed by atoms with van der Waals surface area (Å²) >= 11 is 0. The fourth-order valence-electron chi connectivity index (χ4n) is 8.57. The molecule has 0 bridgehead atoms. The van der Waals surface area contributed by atoms with Gasteiger partial charge in [-0.05, 0) is 83.1 Å². The highest BCUT2D eigenvalue weighted by Crippen LogP contribution is 2.38. The van der Waals surface area contributed by atoms with E-state index < -0.39 is 26.6 Å². The fraction of sp³-hybridized carbons (Fsp3) is 0.836. The summed E-state index contributed by atoms with van der Waals surface area (Å²) < 4.78 is 30.3. The molecule has 0 radical (unpaired) electrons. The van der Waals surface area contributed by atoms with Crippen LogP contribution in [0.5, 0.6) is 0 Å². The zero-order chi connectivity index (χ0) is 52.2. The summed E-state index contributed by atoms with van der Waals surface area (Å²) in [5.74, 6) is -0.553. The van der Waals surface area contributed by atoms with Gasteiger partial charge >= 0.3 is 5.97 Å². The molecule has 9 nitrogen and oxygen atoms in total. The Balaban J connectivity index is 5.35. The van der Waals surface area contributed by atoms with Crippen molar-refractivity contribution < 1.29 is 37.3 Å².